The van der Waals surface area contributed by atoms with Gasteiger partial charge in [0, 0.05) is 13.1 Å². The van der Waals surface area contributed by atoms with Gasteiger partial charge >= 0.3 is 0 Å². The summed E-state index contributed by atoms with van der Waals surface area (Å²) in [7, 11) is 14.3. The summed E-state index contributed by atoms with van der Waals surface area (Å²) >= 11 is 0. The van der Waals surface area contributed by atoms with Gasteiger partial charge in [-0.15, -0.1) is 0 Å². The molecule has 0 saturated heterocycles. The molecular formula is C9H25N3. The molecule has 0 aliphatic rings. The van der Waals surface area contributed by atoms with Gasteiger partial charge in [-0.25, -0.2) is 0 Å². The van der Waals surface area contributed by atoms with E-state index in [0.717, 1.165) is 13.1 Å². The van der Waals surface area contributed by atoms with Crippen LogP contribution >= 0.6 is 0 Å². The second kappa shape index (κ2) is 8.97. The quantitative estimate of drug-likeness (QED) is 0.610. The van der Waals surface area contributed by atoms with Gasteiger partial charge in [0.2, 0.25) is 0 Å². The van der Waals surface area contributed by atoms with Gasteiger partial charge in [-0.05, 0) is 49.3 Å². The zero-order valence-electron chi connectivity index (χ0n) is 9.76. The van der Waals surface area contributed by atoms with Gasteiger partial charge < -0.3 is 14.7 Å². The third kappa shape index (κ3) is 32.7. The van der Waals surface area contributed by atoms with E-state index in [1.165, 1.54) is 0 Å². The van der Waals surface area contributed by atoms with Crippen molar-refractivity contribution in [1.29, 1.82) is 0 Å². The number of rotatable bonds is 3. The van der Waals surface area contributed by atoms with Gasteiger partial charge in [-0.1, -0.05) is 0 Å². The van der Waals surface area contributed by atoms with Crippen molar-refractivity contribution in [3.63, 3.8) is 0 Å². The fourth-order valence-corrected chi connectivity index (χ4v) is 0.400. The smallest absolute Gasteiger partial charge is 0.0103 e. The van der Waals surface area contributed by atoms with Gasteiger partial charge in [0.05, 0.1) is 0 Å². The second-order valence-electron chi connectivity index (χ2n) is 3.95. The van der Waals surface area contributed by atoms with E-state index in [1.54, 1.807) is 0 Å². The van der Waals surface area contributed by atoms with E-state index in [2.05, 4.69) is 38.0 Å². The van der Waals surface area contributed by atoms with Crippen LogP contribution in [0.25, 0.3) is 0 Å². The molecule has 12 heavy (non-hydrogen) atoms. The lowest BCUT2D eigenvalue weighted by molar-refractivity contribution is 0.320. The summed E-state index contributed by atoms with van der Waals surface area (Å²) in [4.78, 5) is 6.36. The predicted molar refractivity (Wildman–Crippen MR) is 56.7 cm³/mol. The van der Waals surface area contributed by atoms with E-state index < -0.39 is 0 Å². The monoisotopic (exact) mass is 175 g/mol. The minimum atomic E-state index is 1.15. The number of nitrogens with zero attached hydrogens (tertiary/aromatic N) is 3. The summed E-state index contributed by atoms with van der Waals surface area (Å²) in [6.45, 7) is 2.29. The summed E-state index contributed by atoms with van der Waals surface area (Å²) in [5, 5.41) is 0. The average molecular weight is 175 g/mol. The molecule has 3 nitrogen and oxygen atoms in total. The Balaban J connectivity index is 0. The Morgan fingerprint density at radius 2 is 0.750 bits per heavy atom. The largest absolute Gasteiger partial charge is 0.312 e. The Hall–Kier alpha value is -0.120. The molecular weight excluding hydrogens is 150 g/mol. The highest BCUT2D eigenvalue weighted by Gasteiger charge is 1.89. The highest BCUT2D eigenvalue weighted by Crippen LogP contribution is 1.76. The van der Waals surface area contributed by atoms with E-state index >= 15 is 0 Å². The predicted octanol–water partition coefficient (Wildman–Crippen LogP) is 0.287. The fraction of sp³-hybridized carbons (Fsp3) is 1.00. The lowest BCUT2D eigenvalue weighted by Gasteiger charge is -2.13. The third-order valence-corrected chi connectivity index (χ3v) is 0.994. The Morgan fingerprint density at radius 3 is 0.833 bits per heavy atom. The lowest BCUT2D eigenvalue weighted by Crippen LogP contribution is -2.25. The maximum atomic E-state index is 2.18. The van der Waals surface area contributed by atoms with E-state index in [-0.39, 0.29) is 0 Å². The minimum absolute atomic E-state index is 1.15. The van der Waals surface area contributed by atoms with Crippen molar-refractivity contribution in [3.05, 3.63) is 0 Å². The summed E-state index contributed by atoms with van der Waals surface area (Å²) in [6, 6.07) is 0. The summed E-state index contributed by atoms with van der Waals surface area (Å²) in [5.41, 5.74) is 0. The van der Waals surface area contributed by atoms with Gasteiger partial charge in [0.1, 0.15) is 0 Å². The molecule has 0 radical (unpaired) electrons. The van der Waals surface area contributed by atoms with Crippen LogP contribution in [0.1, 0.15) is 0 Å². The maximum absolute atomic E-state index is 2.18. The molecule has 3 heteroatoms. The van der Waals surface area contributed by atoms with Crippen molar-refractivity contribution in [2.24, 2.45) is 0 Å². The molecule has 0 bridgehead atoms. The zero-order valence-corrected chi connectivity index (χ0v) is 9.76. The Kier molecular flexibility index (Phi) is 10.8. The molecule has 0 rings (SSSR count). The van der Waals surface area contributed by atoms with Crippen molar-refractivity contribution in [2.45, 2.75) is 0 Å². The first kappa shape index (κ1) is 14.4. The van der Waals surface area contributed by atoms with Crippen molar-refractivity contribution in [1.82, 2.24) is 14.7 Å². The first-order chi connectivity index (χ1) is 5.36. The first-order valence-electron chi connectivity index (χ1n) is 4.26. The van der Waals surface area contributed by atoms with Crippen LogP contribution in [0.5, 0.6) is 0 Å². The highest BCUT2D eigenvalue weighted by molar-refractivity contribution is 4.45. The molecule has 0 heterocycles. The molecule has 0 aromatic heterocycles. The summed E-state index contributed by atoms with van der Waals surface area (Å²) in [6.07, 6.45) is 0. The number of likely N-dealkylation sites (N-methyl/N-ethyl adjacent to an activating group) is 2. The van der Waals surface area contributed by atoms with Crippen LogP contribution in [0.15, 0.2) is 0 Å². The average Bonchev–Trinajstić information content (AvgIpc) is 1.82. The Bertz CT molecular complexity index is 69.1. The standard InChI is InChI=1S/C6H16N2.C3H9N/c1-7(2)5-6-8(3)4;1-4(2)3/h5-6H2,1-4H3;1-3H3. The zero-order chi connectivity index (χ0) is 10.1. The molecule has 0 aromatic rings. The van der Waals surface area contributed by atoms with Crippen molar-refractivity contribution < 1.29 is 0 Å². The van der Waals surface area contributed by atoms with Crippen molar-refractivity contribution >= 4 is 0 Å². The van der Waals surface area contributed by atoms with Crippen LogP contribution in [0.2, 0.25) is 0 Å². The maximum Gasteiger partial charge on any atom is 0.0103 e. The molecule has 0 amide bonds. The summed E-state index contributed by atoms with van der Waals surface area (Å²) in [5.74, 6) is 0. The van der Waals surface area contributed by atoms with E-state index in [0.29, 0.717) is 0 Å². The Labute approximate surface area is 77.9 Å². The van der Waals surface area contributed by atoms with Crippen LogP contribution in [0.3, 0.4) is 0 Å². The van der Waals surface area contributed by atoms with Crippen LogP contribution in [-0.2, 0) is 0 Å². The molecule has 0 fully saturated rings. The number of hydrogen-bond acceptors (Lipinski definition) is 3. The molecule has 0 saturated carbocycles. The summed E-state index contributed by atoms with van der Waals surface area (Å²) < 4.78 is 0. The normalized spacial score (nSPS) is 10.5. The molecule has 0 aromatic carbocycles. The van der Waals surface area contributed by atoms with Gasteiger partial charge in [0.15, 0.2) is 0 Å². The minimum Gasteiger partial charge on any atom is -0.312 e. The third-order valence-electron chi connectivity index (χ3n) is 0.994. The van der Waals surface area contributed by atoms with Gasteiger partial charge in [-0.3, -0.25) is 0 Å². The first-order valence-corrected chi connectivity index (χ1v) is 4.26. The van der Waals surface area contributed by atoms with Crippen molar-refractivity contribution in [3.8, 4) is 0 Å². The van der Waals surface area contributed by atoms with Crippen LogP contribution in [-0.4, -0.2) is 77.1 Å². The van der Waals surface area contributed by atoms with Crippen molar-refractivity contribution in [2.75, 3.05) is 62.4 Å². The van der Waals surface area contributed by atoms with E-state index in [1.807, 2.05) is 26.0 Å². The topological polar surface area (TPSA) is 9.72 Å². The van der Waals surface area contributed by atoms with Gasteiger partial charge in [-0.2, -0.15) is 0 Å². The Morgan fingerprint density at radius 1 is 0.583 bits per heavy atom. The fourth-order valence-electron chi connectivity index (χ4n) is 0.400. The number of hydrogen-bond donors (Lipinski definition) is 0. The van der Waals surface area contributed by atoms with Gasteiger partial charge in [0.25, 0.3) is 0 Å². The molecule has 0 aliphatic carbocycles. The van der Waals surface area contributed by atoms with E-state index in [4.69, 9.17) is 0 Å². The molecule has 0 spiro atoms. The van der Waals surface area contributed by atoms with Crippen LogP contribution < -0.4 is 0 Å². The SMILES string of the molecule is CN(C)C.CN(C)CCN(C)C. The highest BCUT2D eigenvalue weighted by atomic mass is 15.1. The van der Waals surface area contributed by atoms with E-state index in [9.17, 15) is 0 Å². The molecule has 0 N–H and O–H groups in total. The second-order valence-corrected chi connectivity index (χ2v) is 3.95. The molecule has 76 valence electrons. The van der Waals surface area contributed by atoms with Crippen LogP contribution in [0, 0.1) is 0 Å². The lowest BCUT2D eigenvalue weighted by atomic mass is 10.5. The van der Waals surface area contributed by atoms with Crippen LogP contribution in [0.4, 0.5) is 0 Å². The molecule has 0 atom stereocenters. The molecule has 0 aliphatic heterocycles. The molecule has 0 unspecified atom stereocenters.